The first-order valence-electron chi connectivity index (χ1n) is 10.7. The summed E-state index contributed by atoms with van der Waals surface area (Å²) in [5.41, 5.74) is 6.01. The summed E-state index contributed by atoms with van der Waals surface area (Å²) in [6.45, 7) is 5.60. The van der Waals surface area contributed by atoms with Crippen molar-refractivity contribution in [2.24, 2.45) is 11.7 Å². The third-order valence-corrected chi connectivity index (χ3v) is 6.55. The van der Waals surface area contributed by atoms with Crippen LogP contribution in [0.3, 0.4) is 0 Å². The maximum absolute atomic E-state index is 12.8. The second-order valence-electron chi connectivity index (χ2n) is 8.32. The second kappa shape index (κ2) is 8.47. The Kier molecular flexibility index (Phi) is 5.80. The van der Waals surface area contributed by atoms with Gasteiger partial charge in [0.05, 0.1) is 11.5 Å². The molecule has 4 rings (SSSR count). The summed E-state index contributed by atoms with van der Waals surface area (Å²) in [5.74, 6) is 0.819. The fourth-order valence-corrected chi connectivity index (χ4v) is 5.02. The van der Waals surface area contributed by atoms with Crippen LogP contribution in [0.1, 0.15) is 48.9 Å². The number of hydrogen-bond acceptors (Lipinski definition) is 5. The molecule has 7 nitrogen and oxygen atoms in total. The second-order valence-corrected chi connectivity index (χ2v) is 8.32. The molecule has 0 radical (unpaired) electrons. The van der Waals surface area contributed by atoms with Crippen molar-refractivity contribution in [1.82, 2.24) is 14.8 Å². The van der Waals surface area contributed by atoms with Crippen LogP contribution < -0.4 is 10.6 Å². The third kappa shape index (κ3) is 3.99. The van der Waals surface area contributed by atoms with E-state index in [0.717, 1.165) is 77.8 Å². The van der Waals surface area contributed by atoms with E-state index < -0.39 is 5.91 Å². The van der Waals surface area contributed by atoms with E-state index in [4.69, 9.17) is 5.73 Å². The van der Waals surface area contributed by atoms with E-state index in [9.17, 15) is 9.59 Å². The van der Waals surface area contributed by atoms with Gasteiger partial charge in [-0.2, -0.15) is 0 Å². The van der Waals surface area contributed by atoms with Crippen molar-refractivity contribution in [3.05, 3.63) is 23.9 Å². The largest absolute Gasteiger partial charge is 0.365 e. The Morgan fingerprint density at radius 2 is 1.75 bits per heavy atom. The van der Waals surface area contributed by atoms with Gasteiger partial charge in [0.2, 0.25) is 5.91 Å². The molecule has 2 N–H and O–H groups in total. The zero-order valence-electron chi connectivity index (χ0n) is 16.6. The minimum Gasteiger partial charge on any atom is -0.365 e. The molecule has 1 aromatic rings. The van der Waals surface area contributed by atoms with Gasteiger partial charge in [-0.05, 0) is 57.2 Å². The summed E-state index contributed by atoms with van der Waals surface area (Å²) in [4.78, 5) is 35.7. The van der Waals surface area contributed by atoms with Crippen LogP contribution >= 0.6 is 0 Å². The monoisotopic (exact) mass is 385 g/mol. The lowest BCUT2D eigenvalue weighted by Crippen LogP contribution is -2.51. The molecule has 0 bridgehead atoms. The van der Waals surface area contributed by atoms with Gasteiger partial charge in [0, 0.05) is 45.0 Å². The molecule has 28 heavy (non-hydrogen) atoms. The number of rotatable bonds is 4. The topological polar surface area (TPSA) is 82.8 Å². The number of pyridine rings is 1. The van der Waals surface area contributed by atoms with Crippen LogP contribution in [0, 0.1) is 5.92 Å². The normalized spacial score (nSPS) is 24.5. The highest BCUT2D eigenvalue weighted by Gasteiger charge is 2.34. The number of primary amides is 1. The lowest BCUT2D eigenvalue weighted by atomic mass is 9.93. The van der Waals surface area contributed by atoms with E-state index >= 15 is 0 Å². The molecule has 3 fully saturated rings. The molecular weight excluding hydrogens is 354 g/mol. The number of carbonyl (C=O) groups excluding carboxylic acids is 2. The molecule has 0 aliphatic carbocycles. The Morgan fingerprint density at radius 3 is 2.46 bits per heavy atom. The van der Waals surface area contributed by atoms with E-state index in [2.05, 4.69) is 19.7 Å². The summed E-state index contributed by atoms with van der Waals surface area (Å²) in [6.07, 6.45) is 8.21. The van der Waals surface area contributed by atoms with Crippen LogP contribution in [-0.2, 0) is 4.79 Å². The minimum absolute atomic E-state index is 0.169. The van der Waals surface area contributed by atoms with Gasteiger partial charge in [-0.25, -0.2) is 4.98 Å². The van der Waals surface area contributed by atoms with Gasteiger partial charge in [0.15, 0.2) is 0 Å². The summed E-state index contributed by atoms with van der Waals surface area (Å²) in [7, 11) is 0. The first-order valence-corrected chi connectivity index (χ1v) is 10.7. The van der Waals surface area contributed by atoms with Crippen LogP contribution in [0.4, 0.5) is 5.82 Å². The van der Waals surface area contributed by atoms with Crippen LogP contribution in [0.15, 0.2) is 18.3 Å². The average molecular weight is 386 g/mol. The van der Waals surface area contributed by atoms with E-state index in [1.54, 1.807) is 18.3 Å². The highest BCUT2D eigenvalue weighted by molar-refractivity contribution is 5.97. The number of hydrogen-bond donors (Lipinski definition) is 1. The van der Waals surface area contributed by atoms with Crippen molar-refractivity contribution in [2.45, 2.75) is 44.6 Å². The number of anilines is 1. The van der Waals surface area contributed by atoms with Gasteiger partial charge >= 0.3 is 0 Å². The highest BCUT2D eigenvalue weighted by Crippen LogP contribution is 2.28. The number of carbonyl (C=O) groups is 2. The summed E-state index contributed by atoms with van der Waals surface area (Å²) in [6, 6.07) is 4.00. The van der Waals surface area contributed by atoms with Crippen LogP contribution in [0.2, 0.25) is 0 Å². The van der Waals surface area contributed by atoms with Crippen molar-refractivity contribution in [3.8, 4) is 0 Å². The lowest BCUT2D eigenvalue weighted by Gasteiger charge is -2.43. The Bertz CT molecular complexity index is 711. The SMILES string of the molecule is NC(=O)c1cccnc1N1CCC(N2CCC[C@H](C(=O)N3CCCC3)C2)CC1. The number of likely N-dealkylation sites (tertiary alicyclic amines) is 2. The Hall–Kier alpha value is -2.15. The number of amides is 2. The van der Waals surface area contributed by atoms with Crippen LogP contribution in [0.5, 0.6) is 0 Å². The summed E-state index contributed by atoms with van der Waals surface area (Å²) < 4.78 is 0. The molecule has 0 spiro atoms. The van der Waals surface area contributed by atoms with Crippen molar-refractivity contribution < 1.29 is 9.59 Å². The molecule has 7 heteroatoms. The van der Waals surface area contributed by atoms with Gasteiger partial charge in [-0.3, -0.25) is 14.5 Å². The summed E-state index contributed by atoms with van der Waals surface area (Å²) in [5, 5.41) is 0. The lowest BCUT2D eigenvalue weighted by molar-refractivity contribution is -0.136. The van der Waals surface area contributed by atoms with E-state index in [1.165, 1.54) is 0 Å². The van der Waals surface area contributed by atoms with Gasteiger partial charge in [-0.1, -0.05) is 0 Å². The Balaban J connectivity index is 1.35. The Labute approximate surface area is 166 Å². The van der Waals surface area contributed by atoms with Crippen molar-refractivity contribution in [1.29, 1.82) is 0 Å². The average Bonchev–Trinajstić information content (AvgIpc) is 3.28. The van der Waals surface area contributed by atoms with Crippen molar-refractivity contribution >= 4 is 17.6 Å². The van der Waals surface area contributed by atoms with Gasteiger partial charge < -0.3 is 15.5 Å². The van der Waals surface area contributed by atoms with Gasteiger partial charge in [0.25, 0.3) is 5.91 Å². The standard InChI is InChI=1S/C21H31N5O2/c22-19(27)18-6-3-9-23-20(18)24-13-7-17(8-14-24)26-12-4-5-16(15-26)21(28)25-10-1-2-11-25/h3,6,9,16-17H,1-2,4-5,7-8,10-15H2,(H2,22,27)/t16-/m0/s1. The van der Waals surface area contributed by atoms with E-state index in [0.29, 0.717) is 23.3 Å². The number of nitrogens with two attached hydrogens (primary N) is 1. The zero-order valence-corrected chi connectivity index (χ0v) is 16.6. The highest BCUT2D eigenvalue weighted by atomic mass is 16.2. The fourth-order valence-electron chi connectivity index (χ4n) is 5.02. The maximum Gasteiger partial charge on any atom is 0.252 e. The molecule has 1 atom stereocenters. The predicted molar refractivity (Wildman–Crippen MR) is 108 cm³/mol. The molecule has 0 unspecified atom stereocenters. The molecule has 1 aromatic heterocycles. The maximum atomic E-state index is 12.8. The zero-order chi connectivity index (χ0) is 19.5. The molecule has 2 amide bonds. The molecule has 4 heterocycles. The minimum atomic E-state index is -0.426. The van der Waals surface area contributed by atoms with Crippen LogP contribution in [-0.4, -0.2) is 71.9 Å². The molecule has 3 saturated heterocycles. The fraction of sp³-hybridized carbons (Fsp3) is 0.667. The van der Waals surface area contributed by atoms with Crippen molar-refractivity contribution in [3.63, 3.8) is 0 Å². The molecule has 3 aliphatic rings. The van der Waals surface area contributed by atoms with E-state index in [1.807, 2.05) is 0 Å². The first-order chi connectivity index (χ1) is 13.6. The Morgan fingerprint density at radius 1 is 1.00 bits per heavy atom. The number of nitrogens with zero attached hydrogens (tertiary/aromatic N) is 4. The number of aromatic nitrogens is 1. The molecule has 3 aliphatic heterocycles. The quantitative estimate of drug-likeness (QED) is 0.849. The molecule has 0 aromatic carbocycles. The van der Waals surface area contributed by atoms with Crippen molar-refractivity contribution in [2.75, 3.05) is 44.2 Å². The predicted octanol–water partition coefficient (Wildman–Crippen LogP) is 1.48. The van der Waals surface area contributed by atoms with Crippen LogP contribution in [0.25, 0.3) is 0 Å². The summed E-state index contributed by atoms with van der Waals surface area (Å²) >= 11 is 0. The van der Waals surface area contributed by atoms with Gasteiger partial charge in [-0.15, -0.1) is 0 Å². The molecule has 0 saturated carbocycles. The third-order valence-electron chi connectivity index (χ3n) is 6.55. The van der Waals surface area contributed by atoms with Gasteiger partial charge in [0.1, 0.15) is 5.82 Å². The molecular formula is C21H31N5O2. The first kappa shape index (κ1) is 19.2. The smallest absolute Gasteiger partial charge is 0.252 e. The van der Waals surface area contributed by atoms with E-state index in [-0.39, 0.29) is 5.92 Å². The number of piperidine rings is 2. The molecule has 152 valence electrons.